The number of fused-ring (bicyclic) bond motifs is 2. The van der Waals surface area contributed by atoms with Crippen LogP contribution in [0.4, 0.5) is 5.82 Å². The molecule has 6 heteroatoms. The van der Waals surface area contributed by atoms with Crippen molar-refractivity contribution in [2.24, 2.45) is 17.8 Å². The molecule has 0 unspecified atom stereocenters. The van der Waals surface area contributed by atoms with E-state index in [0.29, 0.717) is 11.8 Å². The van der Waals surface area contributed by atoms with Crippen molar-refractivity contribution in [3.05, 3.63) is 30.3 Å². The summed E-state index contributed by atoms with van der Waals surface area (Å²) in [4.78, 5) is 19.1. The molecule has 5 rings (SSSR count). The molecular formula is C24H31N3O3. The number of hydrogen-bond donors (Lipinski definition) is 1. The van der Waals surface area contributed by atoms with E-state index in [1.807, 2.05) is 12.1 Å². The van der Waals surface area contributed by atoms with Gasteiger partial charge in [-0.3, -0.25) is 4.79 Å². The molecule has 4 atom stereocenters. The molecule has 1 saturated heterocycles. The maximum absolute atomic E-state index is 11.8. The fourth-order valence-corrected chi connectivity index (χ4v) is 5.19. The summed E-state index contributed by atoms with van der Waals surface area (Å²) in [5.74, 6) is 3.72. The maximum atomic E-state index is 11.8. The number of amides is 1. The van der Waals surface area contributed by atoms with Gasteiger partial charge in [-0.15, -0.1) is 0 Å². The third-order valence-corrected chi connectivity index (χ3v) is 6.96. The van der Waals surface area contributed by atoms with Crippen LogP contribution in [-0.4, -0.2) is 49.8 Å². The number of nitrogens with one attached hydrogen (secondary N) is 1. The van der Waals surface area contributed by atoms with E-state index < -0.39 is 0 Å². The molecule has 3 aliphatic rings. The third kappa shape index (κ3) is 3.97. The average Bonchev–Trinajstić information content (AvgIpc) is 3.48. The van der Waals surface area contributed by atoms with E-state index >= 15 is 0 Å². The van der Waals surface area contributed by atoms with E-state index in [0.717, 1.165) is 60.9 Å². The van der Waals surface area contributed by atoms with Gasteiger partial charge in [0.2, 0.25) is 5.91 Å². The van der Waals surface area contributed by atoms with Crippen LogP contribution in [0.1, 0.15) is 32.6 Å². The van der Waals surface area contributed by atoms with Crippen LogP contribution in [0.2, 0.25) is 0 Å². The van der Waals surface area contributed by atoms with Crippen molar-refractivity contribution in [3.8, 4) is 5.75 Å². The van der Waals surface area contributed by atoms with Gasteiger partial charge in [-0.25, -0.2) is 4.98 Å². The minimum atomic E-state index is 0.0385. The number of hydrogen-bond acceptors (Lipinski definition) is 5. The number of methoxy groups -OCH3 is 1. The Morgan fingerprint density at radius 3 is 2.70 bits per heavy atom. The van der Waals surface area contributed by atoms with E-state index in [4.69, 9.17) is 14.5 Å². The smallest absolute Gasteiger partial charge is 0.217 e. The van der Waals surface area contributed by atoms with Gasteiger partial charge in [-0.05, 0) is 61.6 Å². The topological polar surface area (TPSA) is 63.7 Å². The fourth-order valence-electron chi connectivity index (χ4n) is 5.19. The Bertz CT molecular complexity index is 929. The SMILES string of the molecule is COc1cccc2ccc(N3C[C@H]4C[C@@H](NC(C)=O)[C@H](OCC5CC5)C[C@H]4C3)nc12. The summed E-state index contributed by atoms with van der Waals surface area (Å²) in [5.41, 5.74) is 0.911. The van der Waals surface area contributed by atoms with Crippen LogP contribution in [0, 0.1) is 17.8 Å². The first-order valence-electron chi connectivity index (χ1n) is 11.2. The second kappa shape index (κ2) is 8.06. The first-order valence-corrected chi connectivity index (χ1v) is 11.2. The quantitative estimate of drug-likeness (QED) is 0.792. The highest BCUT2D eigenvalue weighted by Crippen LogP contribution is 2.40. The standard InChI is InChI=1S/C24H31N3O3/c1-15(28)25-20-10-18-12-27(13-19(18)11-22(20)30-14-16-6-7-16)23-9-8-17-4-3-5-21(29-2)24(17)26-23/h3-5,8-9,16,18-20,22H,6-7,10-14H2,1-2H3,(H,25,28)/t18-,19+,20-,22-/m1/s1. The number of nitrogens with zero attached hydrogens (tertiary/aromatic N) is 2. The number of anilines is 1. The highest BCUT2D eigenvalue weighted by Gasteiger charge is 2.43. The van der Waals surface area contributed by atoms with E-state index in [1.54, 1.807) is 14.0 Å². The van der Waals surface area contributed by atoms with E-state index in [9.17, 15) is 4.79 Å². The molecule has 0 bridgehead atoms. The third-order valence-electron chi connectivity index (χ3n) is 6.96. The first-order chi connectivity index (χ1) is 14.6. The second-order valence-corrected chi connectivity index (χ2v) is 9.22. The summed E-state index contributed by atoms with van der Waals surface area (Å²) in [7, 11) is 1.69. The lowest BCUT2D eigenvalue weighted by molar-refractivity contribution is -0.122. The van der Waals surface area contributed by atoms with Crippen LogP contribution < -0.4 is 15.0 Å². The molecule has 160 valence electrons. The molecule has 1 aliphatic heterocycles. The summed E-state index contributed by atoms with van der Waals surface area (Å²) >= 11 is 0. The Kier molecular flexibility index (Phi) is 5.27. The van der Waals surface area contributed by atoms with Gasteiger partial charge >= 0.3 is 0 Å². The Balaban J connectivity index is 1.33. The largest absolute Gasteiger partial charge is 0.494 e. The molecule has 6 nitrogen and oxygen atoms in total. The van der Waals surface area contributed by atoms with E-state index in [2.05, 4.69) is 28.4 Å². The van der Waals surface area contributed by atoms with Crippen LogP contribution in [0.15, 0.2) is 30.3 Å². The van der Waals surface area contributed by atoms with Gasteiger partial charge in [0.15, 0.2) is 0 Å². The molecular weight excluding hydrogens is 378 g/mol. The van der Waals surface area contributed by atoms with Crippen LogP contribution in [0.5, 0.6) is 5.75 Å². The van der Waals surface area contributed by atoms with Crippen molar-refractivity contribution in [1.29, 1.82) is 0 Å². The monoisotopic (exact) mass is 409 g/mol. The fraction of sp³-hybridized carbons (Fsp3) is 0.583. The number of para-hydroxylation sites is 1. The summed E-state index contributed by atoms with van der Waals surface area (Å²) in [6, 6.07) is 10.4. The van der Waals surface area contributed by atoms with Crippen LogP contribution in [0.25, 0.3) is 10.9 Å². The van der Waals surface area contributed by atoms with Gasteiger partial charge in [0.25, 0.3) is 0 Å². The number of benzene rings is 1. The van der Waals surface area contributed by atoms with Gasteiger partial charge in [-0.2, -0.15) is 0 Å². The predicted octanol–water partition coefficient (Wildman–Crippen LogP) is 3.39. The Hall–Kier alpha value is -2.34. The Morgan fingerprint density at radius 1 is 1.17 bits per heavy atom. The van der Waals surface area contributed by atoms with Crippen molar-refractivity contribution < 1.29 is 14.3 Å². The lowest BCUT2D eigenvalue weighted by atomic mass is 9.77. The normalized spacial score (nSPS) is 28.4. The number of rotatable bonds is 6. The lowest BCUT2D eigenvalue weighted by Gasteiger charge is -2.38. The molecule has 0 radical (unpaired) electrons. The molecule has 0 spiro atoms. The van der Waals surface area contributed by atoms with Crippen LogP contribution >= 0.6 is 0 Å². The number of carbonyl (C=O) groups is 1. The van der Waals surface area contributed by atoms with Crippen molar-refractivity contribution in [3.63, 3.8) is 0 Å². The minimum absolute atomic E-state index is 0.0385. The molecule has 30 heavy (non-hydrogen) atoms. The number of pyridine rings is 1. The van der Waals surface area contributed by atoms with Crippen molar-refractivity contribution in [1.82, 2.24) is 10.3 Å². The first kappa shape index (κ1) is 19.6. The van der Waals surface area contributed by atoms with Crippen molar-refractivity contribution in [2.75, 3.05) is 31.7 Å². The lowest BCUT2D eigenvalue weighted by Crippen LogP contribution is -2.50. The summed E-state index contributed by atoms with van der Waals surface area (Å²) in [6.45, 7) is 4.42. The molecule has 1 aromatic heterocycles. The maximum Gasteiger partial charge on any atom is 0.217 e. The predicted molar refractivity (Wildman–Crippen MR) is 117 cm³/mol. The highest BCUT2D eigenvalue weighted by molar-refractivity contribution is 5.86. The minimum Gasteiger partial charge on any atom is -0.494 e. The number of carbonyl (C=O) groups excluding carboxylic acids is 1. The molecule has 2 aromatic rings. The van der Waals surface area contributed by atoms with Gasteiger partial charge in [0.05, 0.1) is 19.3 Å². The average molecular weight is 410 g/mol. The van der Waals surface area contributed by atoms with E-state index in [1.165, 1.54) is 12.8 Å². The zero-order valence-corrected chi connectivity index (χ0v) is 17.8. The Morgan fingerprint density at radius 2 is 1.97 bits per heavy atom. The van der Waals surface area contributed by atoms with Gasteiger partial charge in [-0.1, -0.05) is 12.1 Å². The highest BCUT2D eigenvalue weighted by atomic mass is 16.5. The van der Waals surface area contributed by atoms with Crippen LogP contribution in [0.3, 0.4) is 0 Å². The van der Waals surface area contributed by atoms with Crippen molar-refractivity contribution in [2.45, 2.75) is 44.8 Å². The van der Waals surface area contributed by atoms with Gasteiger partial charge in [0.1, 0.15) is 17.1 Å². The molecule has 1 aromatic carbocycles. The van der Waals surface area contributed by atoms with Gasteiger partial charge < -0.3 is 19.7 Å². The second-order valence-electron chi connectivity index (χ2n) is 9.22. The van der Waals surface area contributed by atoms with Crippen LogP contribution in [-0.2, 0) is 9.53 Å². The molecule has 2 heterocycles. The zero-order valence-electron chi connectivity index (χ0n) is 17.8. The molecule has 2 aliphatic carbocycles. The number of ether oxygens (including phenoxy) is 2. The van der Waals surface area contributed by atoms with E-state index in [-0.39, 0.29) is 18.1 Å². The summed E-state index contributed by atoms with van der Waals surface area (Å²) < 4.78 is 11.8. The zero-order chi connectivity index (χ0) is 20.7. The number of aromatic nitrogens is 1. The van der Waals surface area contributed by atoms with Gasteiger partial charge in [0, 0.05) is 32.0 Å². The molecule has 2 saturated carbocycles. The molecule has 1 N–H and O–H groups in total. The summed E-state index contributed by atoms with van der Waals surface area (Å²) in [5, 5.41) is 4.26. The molecule has 3 fully saturated rings. The molecule has 1 amide bonds. The van der Waals surface area contributed by atoms with Crippen molar-refractivity contribution >= 4 is 22.6 Å². The summed E-state index contributed by atoms with van der Waals surface area (Å²) in [6.07, 6.45) is 4.69. The Labute approximate surface area is 177 Å².